The van der Waals surface area contributed by atoms with E-state index in [0.717, 1.165) is 17.0 Å². The molecule has 16 aromatic rings. The Labute approximate surface area is 634 Å². The zero-order valence-corrected chi connectivity index (χ0v) is 66.9. The van der Waals surface area contributed by atoms with Crippen LogP contribution in [0.15, 0.2) is 260 Å². The van der Waals surface area contributed by atoms with Crippen molar-refractivity contribution in [3.63, 3.8) is 0 Å². The van der Waals surface area contributed by atoms with Crippen molar-refractivity contribution < 1.29 is 27.3 Å². The number of hydrogen-bond acceptors (Lipinski definition) is 1. The molecule has 0 aliphatic rings. The fraction of sp³-hybridized carbons (Fsp3) is 0.260. The monoisotopic (exact) mass is 1420 g/mol. The Morgan fingerprint density at radius 2 is 0.701 bits per heavy atom. The summed E-state index contributed by atoms with van der Waals surface area (Å²) in [6.07, 6.45) is 12.6. The number of aromatic nitrogens is 10. The van der Waals surface area contributed by atoms with Crippen LogP contribution in [0, 0.1) is 34.6 Å². The van der Waals surface area contributed by atoms with Gasteiger partial charge < -0.3 is 4.42 Å². The molecule has 0 spiro atoms. The van der Waals surface area contributed by atoms with Gasteiger partial charge in [0, 0.05) is 33.0 Å². The lowest BCUT2D eigenvalue weighted by Gasteiger charge is -2.18. The number of furan rings is 1. The molecule has 0 fully saturated rings. The summed E-state index contributed by atoms with van der Waals surface area (Å²) in [6, 6.07) is 77.6. The Hall–Kier alpha value is -11.4. The van der Waals surface area contributed by atoms with E-state index in [4.69, 9.17) is 4.42 Å². The van der Waals surface area contributed by atoms with Crippen molar-refractivity contribution >= 4 is 44.0 Å². The normalized spacial score (nSPS) is 11.4. The van der Waals surface area contributed by atoms with Gasteiger partial charge in [-0.2, -0.15) is 9.13 Å². The summed E-state index contributed by atoms with van der Waals surface area (Å²) in [5, 5.41) is 2.35. The quantitative estimate of drug-likeness (QED) is 0.119. The van der Waals surface area contributed by atoms with Gasteiger partial charge in [-0.05, 0) is 141 Å². The number of aryl methyl sites for hydroxylation is 13. The third-order valence-corrected chi connectivity index (χ3v) is 21.3. The second kappa shape index (κ2) is 32.1. The van der Waals surface area contributed by atoms with Gasteiger partial charge in [-0.1, -0.05) is 219 Å². The lowest BCUT2D eigenvalue weighted by molar-refractivity contribution is -0.659. The van der Waals surface area contributed by atoms with Crippen molar-refractivity contribution in [3.05, 3.63) is 306 Å². The maximum absolute atomic E-state index is 6.17. The van der Waals surface area contributed by atoms with E-state index in [-0.39, 0.29) is 0 Å². The van der Waals surface area contributed by atoms with Crippen molar-refractivity contribution in [1.29, 1.82) is 0 Å². The van der Waals surface area contributed by atoms with E-state index < -0.39 is 0 Å². The zero-order chi connectivity index (χ0) is 76.2. The first-order valence-corrected chi connectivity index (χ1v) is 37.8. The predicted molar refractivity (Wildman–Crippen MR) is 443 cm³/mol. The van der Waals surface area contributed by atoms with Gasteiger partial charge >= 0.3 is 0 Å². The largest absolute Gasteiger partial charge is 0.455 e. The molecule has 10 aromatic carbocycles. The highest BCUT2D eigenvalue weighted by atomic mass is 16.3. The number of rotatable bonds is 11. The number of para-hydroxylation sites is 7. The molecule has 6 aromatic heterocycles. The van der Waals surface area contributed by atoms with Crippen molar-refractivity contribution in [1.82, 2.24) is 22.8 Å². The van der Waals surface area contributed by atoms with Crippen molar-refractivity contribution in [2.24, 2.45) is 56.4 Å². The molecule has 11 nitrogen and oxygen atoms in total. The molecule has 0 aliphatic carbocycles. The molecule has 0 saturated heterocycles. The van der Waals surface area contributed by atoms with E-state index in [1.165, 1.54) is 145 Å². The third kappa shape index (κ3) is 14.9. The van der Waals surface area contributed by atoms with Crippen LogP contribution in [0.2, 0.25) is 0 Å². The summed E-state index contributed by atoms with van der Waals surface area (Å²) in [7, 11) is 16.9. The van der Waals surface area contributed by atoms with Crippen molar-refractivity contribution in [2.45, 2.75) is 114 Å². The fourth-order valence-electron chi connectivity index (χ4n) is 15.6. The average Bonchev–Trinajstić information content (AvgIpc) is 1.61. The van der Waals surface area contributed by atoms with E-state index in [1.807, 2.05) is 12.1 Å². The lowest BCUT2D eigenvalue weighted by atomic mass is 9.92. The molecule has 0 N–H and O–H groups in total. The Bertz CT molecular complexity index is 5720. The van der Waals surface area contributed by atoms with Gasteiger partial charge in [0.25, 0.3) is 29.1 Å². The smallest absolute Gasteiger partial charge is 0.295 e. The Morgan fingerprint density at radius 1 is 0.318 bits per heavy atom. The summed E-state index contributed by atoms with van der Waals surface area (Å²) in [5.41, 5.74) is 27.9. The van der Waals surface area contributed by atoms with Gasteiger partial charge in [0.1, 0.15) is 59.7 Å². The van der Waals surface area contributed by atoms with Crippen LogP contribution in [0.5, 0.6) is 0 Å². The summed E-state index contributed by atoms with van der Waals surface area (Å²) >= 11 is 0. The summed E-state index contributed by atoms with van der Waals surface area (Å²) < 4.78 is 28.7. The summed E-state index contributed by atoms with van der Waals surface area (Å²) in [5.74, 6) is 7.94. The standard InChI is InChI=1S/C27H31N2.C23H29N2.C18H17N2O.C16H17N2.C12H15N2/c1-18(2)21-14-11-15-22(19(3)4)26(21)29-25-17-10-9-16-24(25)28(6)27(29)23-13-8-7-12-20(23)5;1-16(2)19-12-9-13-20(17(3)4)22(19)25-15-14-24(6)23(25)21-11-8-7-10-18(21)5;1-12-8-9-14-13-6-4-5-7-15(13)21-17(14)16(12)18-19(2)10-11-20(18)3;1-12-8-4-5-9-13(12)16-17(2)14-10-6-7-11-15(14)18(16)3;1-10-6-4-5-7-11(10)12-13(2)8-9-14(12)3/h7-19H,1-6H3;7-17H,1-6H3;4-11H,1-3H3;4-11H,1-3H3;4-9H,1-3H3/q5*+1. The van der Waals surface area contributed by atoms with E-state index in [1.54, 1.807) is 0 Å². The second-order valence-electron chi connectivity index (χ2n) is 30.1. The number of fused-ring (bicyclic) bond motifs is 5. The zero-order valence-electron chi connectivity index (χ0n) is 66.9. The van der Waals surface area contributed by atoms with Gasteiger partial charge in [-0.25, -0.2) is 36.5 Å². The maximum atomic E-state index is 6.17. The van der Waals surface area contributed by atoms with Crippen LogP contribution in [0.3, 0.4) is 0 Å². The molecule has 6 heterocycles. The Kier molecular flexibility index (Phi) is 22.6. The van der Waals surface area contributed by atoms with Crippen molar-refractivity contribution in [2.75, 3.05) is 0 Å². The van der Waals surface area contributed by atoms with E-state index in [2.05, 4.69) is 435 Å². The van der Waals surface area contributed by atoms with Gasteiger partial charge in [-0.15, -0.1) is 0 Å². The maximum Gasteiger partial charge on any atom is 0.295 e. The van der Waals surface area contributed by atoms with E-state index in [0.29, 0.717) is 23.7 Å². The minimum absolute atomic E-state index is 0.444. The lowest BCUT2D eigenvalue weighted by Crippen LogP contribution is -2.30. The molecular formula is C96H109N10O+5. The highest BCUT2D eigenvalue weighted by Crippen LogP contribution is 2.40. The summed E-state index contributed by atoms with van der Waals surface area (Å²) in [6.45, 7) is 29.1. The highest BCUT2D eigenvalue weighted by molar-refractivity contribution is 6.09. The van der Waals surface area contributed by atoms with Crippen molar-refractivity contribution in [3.8, 4) is 68.3 Å². The average molecular weight is 1420 g/mol. The first-order chi connectivity index (χ1) is 51.4. The molecule has 0 bridgehead atoms. The van der Waals surface area contributed by atoms with Gasteiger partial charge in [0.05, 0.1) is 78.6 Å². The first-order valence-electron chi connectivity index (χ1n) is 37.8. The molecule has 0 atom stereocenters. The van der Waals surface area contributed by atoms with E-state index >= 15 is 0 Å². The SMILES string of the molecule is Cc1ccc2c(oc3ccccc32)c1-c1n(C)cc[n+]1C.Cc1ccccc1-c1n(-c2c(C(C)C)cccc2C(C)C)c2ccccc2[n+]1C.Cc1ccccc1-c1n(-c2c(C(C)C)cccc2C(C)C)cc[n+]1C.Cc1ccccc1-c1n(C)c2ccccc2[n+]1C.Cc1ccccc1-c1n(C)cc[n+]1C. The second-order valence-corrected chi connectivity index (χ2v) is 30.1. The molecule has 11 heteroatoms. The molecule has 0 aliphatic heterocycles. The van der Waals surface area contributed by atoms with Crippen LogP contribution in [0.25, 0.3) is 112 Å². The number of imidazole rings is 5. The molecule has 0 amide bonds. The van der Waals surface area contributed by atoms with E-state index in [9.17, 15) is 0 Å². The molecule has 16 rings (SSSR count). The third-order valence-electron chi connectivity index (χ3n) is 21.3. The van der Waals surface area contributed by atoms with Gasteiger partial charge in [0.2, 0.25) is 0 Å². The number of benzene rings is 10. The highest BCUT2D eigenvalue weighted by Gasteiger charge is 2.33. The van der Waals surface area contributed by atoms with Gasteiger partial charge in [-0.3, -0.25) is 0 Å². The minimum atomic E-state index is 0.444. The number of hydrogen-bond donors (Lipinski definition) is 0. The van der Waals surface area contributed by atoms with Crippen LogP contribution in [0.4, 0.5) is 0 Å². The van der Waals surface area contributed by atoms with Crippen LogP contribution in [-0.4, -0.2) is 22.8 Å². The predicted octanol–water partition coefficient (Wildman–Crippen LogP) is 20.7. The minimum Gasteiger partial charge on any atom is -0.455 e. The van der Waals surface area contributed by atoms with Crippen LogP contribution < -0.4 is 22.8 Å². The fourth-order valence-corrected chi connectivity index (χ4v) is 15.6. The topological polar surface area (TPSA) is 57.2 Å². The Morgan fingerprint density at radius 3 is 1.18 bits per heavy atom. The van der Waals surface area contributed by atoms with Crippen LogP contribution in [0.1, 0.15) is 129 Å². The molecule has 0 unspecified atom stereocenters. The molecule has 107 heavy (non-hydrogen) atoms. The molecule has 0 saturated carbocycles. The first kappa shape index (κ1) is 75.3. The molecular weight excluding hydrogens is 1310 g/mol. The molecule has 544 valence electrons. The summed E-state index contributed by atoms with van der Waals surface area (Å²) in [4.78, 5) is 0. The number of nitrogens with zero attached hydrogens (tertiary/aromatic N) is 10. The van der Waals surface area contributed by atoms with Gasteiger partial charge in [0.15, 0.2) is 27.6 Å². The van der Waals surface area contributed by atoms with Crippen LogP contribution in [-0.2, 0) is 56.4 Å². The molecule has 0 radical (unpaired) electrons. The van der Waals surface area contributed by atoms with Crippen LogP contribution >= 0.6 is 0 Å². The Balaban J connectivity index is 0.000000127.